The molecule has 2 heteroatoms. The van der Waals surface area contributed by atoms with E-state index in [0.717, 1.165) is 0 Å². The Labute approximate surface area is 67.0 Å². The van der Waals surface area contributed by atoms with Gasteiger partial charge in [-0.3, -0.25) is 0 Å². The lowest BCUT2D eigenvalue weighted by Crippen LogP contribution is -2.50. The van der Waals surface area contributed by atoms with Crippen molar-refractivity contribution in [3.8, 4) is 0 Å². The summed E-state index contributed by atoms with van der Waals surface area (Å²) in [5, 5.41) is 3.67. The van der Waals surface area contributed by atoms with Gasteiger partial charge in [0.1, 0.15) is 0 Å². The van der Waals surface area contributed by atoms with Gasteiger partial charge in [-0.2, -0.15) is 11.8 Å². The monoisotopic (exact) mass is 157 g/mol. The molecule has 0 bridgehead atoms. The van der Waals surface area contributed by atoms with Crippen molar-refractivity contribution in [3.63, 3.8) is 0 Å². The van der Waals surface area contributed by atoms with E-state index in [9.17, 15) is 0 Å². The third-order valence-electron chi connectivity index (χ3n) is 2.78. The molecule has 1 aliphatic heterocycles. The molecule has 0 radical (unpaired) electrons. The maximum absolute atomic E-state index is 3.67. The standard InChI is InChI=1S/C8H15NS/c1-2-8(3-1)4-6-10-7-5-9-8/h9H,1-7H2. The second kappa shape index (κ2) is 2.74. The number of hydrogen-bond donors (Lipinski definition) is 1. The van der Waals surface area contributed by atoms with Crippen LogP contribution in [0.3, 0.4) is 0 Å². The molecule has 58 valence electrons. The Kier molecular flexibility index (Phi) is 1.92. The fourth-order valence-electron chi connectivity index (χ4n) is 1.88. The summed E-state index contributed by atoms with van der Waals surface area (Å²) in [6, 6.07) is 0. The largest absolute Gasteiger partial charge is 0.310 e. The van der Waals surface area contributed by atoms with Crippen LogP contribution in [0.25, 0.3) is 0 Å². The van der Waals surface area contributed by atoms with Gasteiger partial charge in [-0.1, -0.05) is 0 Å². The Balaban J connectivity index is 1.92. The van der Waals surface area contributed by atoms with Crippen LogP contribution < -0.4 is 5.32 Å². The van der Waals surface area contributed by atoms with E-state index in [0.29, 0.717) is 5.54 Å². The van der Waals surface area contributed by atoms with Gasteiger partial charge in [0.05, 0.1) is 0 Å². The molecule has 1 spiro atoms. The van der Waals surface area contributed by atoms with Crippen molar-refractivity contribution in [2.45, 2.75) is 31.2 Å². The highest BCUT2D eigenvalue weighted by atomic mass is 32.2. The minimum absolute atomic E-state index is 0.615. The van der Waals surface area contributed by atoms with Crippen molar-refractivity contribution >= 4 is 11.8 Å². The molecule has 1 saturated heterocycles. The van der Waals surface area contributed by atoms with Crippen molar-refractivity contribution in [2.75, 3.05) is 18.1 Å². The van der Waals surface area contributed by atoms with Gasteiger partial charge in [-0.05, 0) is 31.4 Å². The molecule has 0 atom stereocenters. The van der Waals surface area contributed by atoms with Gasteiger partial charge in [0, 0.05) is 17.8 Å². The maximum atomic E-state index is 3.67. The molecule has 1 aliphatic carbocycles. The van der Waals surface area contributed by atoms with Gasteiger partial charge in [0.2, 0.25) is 0 Å². The van der Waals surface area contributed by atoms with Crippen molar-refractivity contribution in [3.05, 3.63) is 0 Å². The zero-order chi connectivity index (χ0) is 6.86. The van der Waals surface area contributed by atoms with E-state index >= 15 is 0 Å². The molecule has 2 fully saturated rings. The number of thioether (sulfide) groups is 1. The van der Waals surface area contributed by atoms with Gasteiger partial charge in [-0.15, -0.1) is 0 Å². The molecule has 0 aromatic heterocycles. The zero-order valence-electron chi connectivity index (χ0n) is 6.36. The Morgan fingerprint density at radius 3 is 2.70 bits per heavy atom. The topological polar surface area (TPSA) is 12.0 Å². The molecule has 2 rings (SSSR count). The minimum atomic E-state index is 0.615. The highest BCUT2D eigenvalue weighted by Gasteiger charge is 2.36. The molecule has 1 nitrogen and oxygen atoms in total. The third-order valence-corrected chi connectivity index (χ3v) is 3.77. The Hall–Kier alpha value is 0.310. The lowest BCUT2D eigenvalue weighted by atomic mass is 9.75. The first-order chi connectivity index (χ1) is 4.91. The molecule has 2 aliphatic rings. The summed E-state index contributed by atoms with van der Waals surface area (Å²) >= 11 is 2.10. The van der Waals surface area contributed by atoms with Crippen LogP contribution in [0.2, 0.25) is 0 Å². The van der Waals surface area contributed by atoms with Gasteiger partial charge < -0.3 is 5.32 Å². The van der Waals surface area contributed by atoms with Crippen molar-refractivity contribution in [1.29, 1.82) is 0 Å². The first kappa shape index (κ1) is 6.99. The minimum Gasteiger partial charge on any atom is -0.310 e. The van der Waals surface area contributed by atoms with E-state index in [1.54, 1.807) is 0 Å². The molecule has 0 aromatic rings. The zero-order valence-corrected chi connectivity index (χ0v) is 7.17. The van der Waals surface area contributed by atoms with Crippen LogP contribution in [0.15, 0.2) is 0 Å². The van der Waals surface area contributed by atoms with E-state index in [1.807, 2.05) is 0 Å². The highest BCUT2D eigenvalue weighted by molar-refractivity contribution is 7.99. The van der Waals surface area contributed by atoms with Gasteiger partial charge in [0.25, 0.3) is 0 Å². The summed E-state index contributed by atoms with van der Waals surface area (Å²) in [4.78, 5) is 0. The van der Waals surface area contributed by atoms with Crippen LogP contribution in [0.5, 0.6) is 0 Å². The van der Waals surface area contributed by atoms with Gasteiger partial charge >= 0.3 is 0 Å². The summed E-state index contributed by atoms with van der Waals surface area (Å²) < 4.78 is 0. The third kappa shape index (κ3) is 1.19. The smallest absolute Gasteiger partial charge is 0.0189 e. The summed E-state index contributed by atoms with van der Waals surface area (Å²) in [6.45, 7) is 1.24. The Morgan fingerprint density at radius 1 is 1.10 bits per heavy atom. The molecule has 1 heterocycles. The molecule has 0 amide bonds. The van der Waals surface area contributed by atoms with Crippen molar-refractivity contribution < 1.29 is 0 Å². The van der Waals surface area contributed by atoms with Crippen LogP contribution in [-0.4, -0.2) is 23.6 Å². The van der Waals surface area contributed by atoms with Gasteiger partial charge in [0.15, 0.2) is 0 Å². The average Bonchev–Trinajstić information content (AvgIpc) is 2.08. The van der Waals surface area contributed by atoms with Crippen molar-refractivity contribution in [1.82, 2.24) is 5.32 Å². The first-order valence-corrected chi connectivity index (χ1v) is 5.40. The second-order valence-corrected chi connectivity index (χ2v) is 4.65. The number of nitrogens with one attached hydrogen (secondary N) is 1. The Bertz CT molecular complexity index is 110. The summed E-state index contributed by atoms with van der Waals surface area (Å²) in [6.07, 6.45) is 5.75. The van der Waals surface area contributed by atoms with E-state index in [2.05, 4.69) is 17.1 Å². The predicted molar refractivity (Wildman–Crippen MR) is 46.5 cm³/mol. The highest BCUT2D eigenvalue weighted by Crippen LogP contribution is 2.36. The predicted octanol–water partition coefficient (Wildman–Crippen LogP) is 1.64. The molecule has 1 saturated carbocycles. The number of hydrogen-bond acceptors (Lipinski definition) is 2. The van der Waals surface area contributed by atoms with E-state index in [4.69, 9.17) is 0 Å². The van der Waals surface area contributed by atoms with Gasteiger partial charge in [-0.25, -0.2) is 0 Å². The fourth-order valence-corrected chi connectivity index (χ4v) is 2.86. The maximum Gasteiger partial charge on any atom is 0.0189 e. The lowest BCUT2D eigenvalue weighted by Gasteiger charge is -2.41. The van der Waals surface area contributed by atoms with Crippen LogP contribution in [-0.2, 0) is 0 Å². The van der Waals surface area contributed by atoms with E-state index in [1.165, 1.54) is 43.7 Å². The second-order valence-electron chi connectivity index (χ2n) is 3.42. The fraction of sp³-hybridized carbons (Fsp3) is 1.00. The van der Waals surface area contributed by atoms with Crippen LogP contribution in [0, 0.1) is 0 Å². The molecule has 10 heavy (non-hydrogen) atoms. The molecular formula is C8H15NS. The van der Waals surface area contributed by atoms with Crippen LogP contribution in [0.1, 0.15) is 25.7 Å². The van der Waals surface area contributed by atoms with Crippen LogP contribution in [0.4, 0.5) is 0 Å². The number of rotatable bonds is 0. The normalized spacial score (nSPS) is 31.2. The SMILES string of the molecule is C1CC2(C1)CCSCCN2. The molecule has 0 unspecified atom stereocenters. The van der Waals surface area contributed by atoms with E-state index < -0.39 is 0 Å². The molecular weight excluding hydrogens is 142 g/mol. The van der Waals surface area contributed by atoms with E-state index in [-0.39, 0.29) is 0 Å². The Morgan fingerprint density at radius 2 is 2.00 bits per heavy atom. The van der Waals surface area contributed by atoms with Crippen molar-refractivity contribution in [2.24, 2.45) is 0 Å². The average molecular weight is 157 g/mol. The molecule has 1 N–H and O–H groups in total. The summed E-state index contributed by atoms with van der Waals surface area (Å²) in [7, 11) is 0. The first-order valence-electron chi connectivity index (χ1n) is 4.24. The summed E-state index contributed by atoms with van der Waals surface area (Å²) in [5.74, 6) is 2.70. The molecule has 0 aromatic carbocycles. The lowest BCUT2D eigenvalue weighted by molar-refractivity contribution is 0.186. The summed E-state index contributed by atoms with van der Waals surface area (Å²) in [5.41, 5.74) is 0.615. The van der Waals surface area contributed by atoms with Crippen LogP contribution >= 0.6 is 11.8 Å². The quantitative estimate of drug-likeness (QED) is 0.573.